The SMILES string of the molecule is CCn1c2ccccc2c2cc(N[C@H](C)c3nc(C)no3)ccc21. The summed E-state index contributed by atoms with van der Waals surface area (Å²) in [5.41, 5.74) is 3.57. The first-order chi connectivity index (χ1) is 11.7. The van der Waals surface area contributed by atoms with E-state index in [2.05, 4.69) is 69.4 Å². The van der Waals surface area contributed by atoms with Crippen molar-refractivity contribution in [3.05, 3.63) is 54.2 Å². The van der Waals surface area contributed by atoms with Crippen LogP contribution in [0.4, 0.5) is 5.69 Å². The third kappa shape index (κ3) is 2.33. The molecule has 0 spiro atoms. The van der Waals surface area contributed by atoms with Crippen molar-refractivity contribution in [1.29, 1.82) is 0 Å². The number of benzene rings is 2. The largest absolute Gasteiger partial charge is 0.374 e. The van der Waals surface area contributed by atoms with Crippen LogP contribution in [0, 0.1) is 6.92 Å². The maximum Gasteiger partial charge on any atom is 0.248 e. The number of nitrogens with zero attached hydrogens (tertiary/aromatic N) is 3. The lowest BCUT2D eigenvalue weighted by Gasteiger charge is -2.11. The predicted molar refractivity (Wildman–Crippen MR) is 96.2 cm³/mol. The molecule has 5 heteroatoms. The summed E-state index contributed by atoms with van der Waals surface area (Å²) in [4.78, 5) is 4.29. The predicted octanol–water partition coefficient (Wildman–Crippen LogP) is 4.68. The van der Waals surface area contributed by atoms with E-state index in [9.17, 15) is 0 Å². The first-order valence-electron chi connectivity index (χ1n) is 8.25. The molecule has 4 rings (SSSR count). The van der Waals surface area contributed by atoms with E-state index < -0.39 is 0 Å². The highest BCUT2D eigenvalue weighted by atomic mass is 16.5. The van der Waals surface area contributed by atoms with Crippen molar-refractivity contribution in [2.75, 3.05) is 5.32 Å². The molecule has 0 aliphatic rings. The van der Waals surface area contributed by atoms with Gasteiger partial charge in [0.25, 0.3) is 0 Å². The molecule has 24 heavy (non-hydrogen) atoms. The van der Waals surface area contributed by atoms with Crippen molar-refractivity contribution in [3.8, 4) is 0 Å². The van der Waals surface area contributed by atoms with Crippen molar-refractivity contribution in [1.82, 2.24) is 14.7 Å². The lowest BCUT2D eigenvalue weighted by molar-refractivity contribution is 0.364. The molecule has 2 aromatic heterocycles. The second kappa shape index (κ2) is 5.67. The zero-order valence-electron chi connectivity index (χ0n) is 14.1. The van der Waals surface area contributed by atoms with Crippen LogP contribution in [0.1, 0.15) is 31.6 Å². The Hall–Kier alpha value is -2.82. The van der Waals surface area contributed by atoms with Crippen molar-refractivity contribution >= 4 is 27.5 Å². The Morgan fingerprint density at radius 2 is 1.92 bits per heavy atom. The van der Waals surface area contributed by atoms with Crippen molar-refractivity contribution in [2.24, 2.45) is 0 Å². The monoisotopic (exact) mass is 320 g/mol. The van der Waals surface area contributed by atoms with E-state index >= 15 is 0 Å². The summed E-state index contributed by atoms with van der Waals surface area (Å²) in [5, 5.41) is 9.84. The molecule has 1 N–H and O–H groups in total. The molecular formula is C19H20N4O. The minimum atomic E-state index is -0.0387. The quantitative estimate of drug-likeness (QED) is 0.593. The van der Waals surface area contributed by atoms with E-state index in [1.165, 1.54) is 21.8 Å². The van der Waals surface area contributed by atoms with E-state index in [1.807, 2.05) is 13.8 Å². The fourth-order valence-corrected chi connectivity index (χ4v) is 3.28. The first-order valence-corrected chi connectivity index (χ1v) is 8.25. The molecule has 0 fully saturated rings. The van der Waals surface area contributed by atoms with Gasteiger partial charge in [-0.3, -0.25) is 0 Å². The summed E-state index contributed by atoms with van der Waals surface area (Å²) in [7, 11) is 0. The number of nitrogens with one attached hydrogen (secondary N) is 1. The van der Waals surface area contributed by atoms with Crippen LogP contribution < -0.4 is 5.32 Å². The fourth-order valence-electron chi connectivity index (χ4n) is 3.28. The lowest BCUT2D eigenvalue weighted by atomic mass is 10.1. The third-order valence-electron chi connectivity index (χ3n) is 4.39. The molecule has 0 aliphatic heterocycles. The Bertz CT molecular complexity index is 1010. The smallest absolute Gasteiger partial charge is 0.248 e. The van der Waals surface area contributed by atoms with Crippen molar-refractivity contribution in [3.63, 3.8) is 0 Å². The number of aryl methyl sites for hydroxylation is 2. The van der Waals surface area contributed by atoms with Gasteiger partial charge in [-0.15, -0.1) is 0 Å². The van der Waals surface area contributed by atoms with Gasteiger partial charge in [-0.25, -0.2) is 0 Å². The summed E-state index contributed by atoms with van der Waals surface area (Å²) in [5.74, 6) is 1.25. The summed E-state index contributed by atoms with van der Waals surface area (Å²) in [6.45, 7) is 6.98. The van der Waals surface area contributed by atoms with Gasteiger partial charge in [-0.1, -0.05) is 23.4 Å². The zero-order valence-corrected chi connectivity index (χ0v) is 14.1. The van der Waals surface area contributed by atoms with Crippen LogP contribution in [-0.4, -0.2) is 14.7 Å². The molecule has 0 radical (unpaired) electrons. The number of aromatic nitrogens is 3. The minimum absolute atomic E-state index is 0.0387. The number of para-hydroxylation sites is 1. The van der Waals surface area contributed by atoms with Gasteiger partial charge in [-0.05, 0) is 45.0 Å². The number of hydrogen-bond acceptors (Lipinski definition) is 4. The molecule has 0 aliphatic carbocycles. The highest BCUT2D eigenvalue weighted by Gasteiger charge is 2.14. The van der Waals surface area contributed by atoms with Crippen LogP contribution >= 0.6 is 0 Å². The number of rotatable bonds is 4. The van der Waals surface area contributed by atoms with Gasteiger partial charge in [-0.2, -0.15) is 4.98 Å². The van der Waals surface area contributed by atoms with Gasteiger partial charge in [0.1, 0.15) is 6.04 Å². The third-order valence-corrected chi connectivity index (χ3v) is 4.39. The average Bonchev–Trinajstić information content (AvgIpc) is 3.16. The standard InChI is InChI=1S/C19H20N4O/c1-4-23-17-8-6-5-7-15(17)16-11-14(9-10-18(16)23)20-12(2)19-21-13(3)22-24-19/h5-12,20H,4H2,1-3H3/t12-/m1/s1. The Labute approximate surface area is 140 Å². The molecule has 5 nitrogen and oxygen atoms in total. The van der Waals surface area contributed by atoms with E-state index in [-0.39, 0.29) is 6.04 Å². The Morgan fingerprint density at radius 3 is 2.67 bits per heavy atom. The molecule has 4 aromatic rings. The normalized spacial score (nSPS) is 12.8. The molecule has 1 atom stereocenters. The summed E-state index contributed by atoms with van der Waals surface area (Å²) < 4.78 is 7.60. The molecule has 0 bridgehead atoms. The molecule has 122 valence electrons. The van der Waals surface area contributed by atoms with Crippen LogP contribution in [0.5, 0.6) is 0 Å². The molecule has 0 saturated carbocycles. The second-order valence-corrected chi connectivity index (χ2v) is 6.04. The van der Waals surface area contributed by atoms with Crippen LogP contribution in [-0.2, 0) is 6.54 Å². The number of fused-ring (bicyclic) bond motifs is 3. The molecule has 0 amide bonds. The molecule has 0 saturated heterocycles. The van der Waals surface area contributed by atoms with Gasteiger partial charge in [0.15, 0.2) is 5.82 Å². The van der Waals surface area contributed by atoms with E-state index in [0.29, 0.717) is 11.7 Å². The molecule has 0 unspecified atom stereocenters. The van der Waals surface area contributed by atoms with Gasteiger partial charge >= 0.3 is 0 Å². The summed E-state index contributed by atoms with van der Waals surface area (Å²) >= 11 is 0. The van der Waals surface area contributed by atoms with Gasteiger partial charge in [0.2, 0.25) is 5.89 Å². The van der Waals surface area contributed by atoms with E-state index in [1.54, 1.807) is 0 Å². The van der Waals surface area contributed by atoms with Gasteiger partial charge < -0.3 is 14.4 Å². The highest BCUT2D eigenvalue weighted by molar-refractivity contribution is 6.09. The Kier molecular flexibility index (Phi) is 3.49. The molecule has 2 aromatic carbocycles. The maximum absolute atomic E-state index is 5.25. The Morgan fingerprint density at radius 1 is 1.12 bits per heavy atom. The van der Waals surface area contributed by atoms with Crippen molar-refractivity contribution in [2.45, 2.75) is 33.4 Å². The van der Waals surface area contributed by atoms with Gasteiger partial charge in [0, 0.05) is 34.0 Å². The number of hydrogen-bond donors (Lipinski definition) is 1. The lowest BCUT2D eigenvalue weighted by Crippen LogP contribution is -2.07. The topological polar surface area (TPSA) is 55.9 Å². The summed E-state index contributed by atoms with van der Waals surface area (Å²) in [6, 6.07) is 15.0. The highest BCUT2D eigenvalue weighted by Crippen LogP contribution is 2.31. The minimum Gasteiger partial charge on any atom is -0.374 e. The van der Waals surface area contributed by atoms with Gasteiger partial charge in [0.05, 0.1) is 0 Å². The Balaban J connectivity index is 1.76. The van der Waals surface area contributed by atoms with Crippen LogP contribution in [0.3, 0.4) is 0 Å². The fraction of sp³-hybridized carbons (Fsp3) is 0.263. The van der Waals surface area contributed by atoms with Crippen LogP contribution in [0.25, 0.3) is 21.8 Å². The first kappa shape index (κ1) is 14.8. The zero-order chi connectivity index (χ0) is 16.7. The number of anilines is 1. The average molecular weight is 320 g/mol. The maximum atomic E-state index is 5.25. The van der Waals surface area contributed by atoms with Crippen LogP contribution in [0.15, 0.2) is 47.0 Å². The molecule has 2 heterocycles. The second-order valence-electron chi connectivity index (χ2n) is 6.04. The van der Waals surface area contributed by atoms with E-state index in [4.69, 9.17) is 4.52 Å². The summed E-state index contributed by atoms with van der Waals surface area (Å²) in [6.07, 6.45) is 0. The van der Waals surface area contributed by atoms with Crippen LogP contribution in [0.2, 0.25) is 0 Å². The van der Waals surface area contributed by atoms with E-state index in [0.717, 1.165) is 12.2 Å². The molecular weight excluding hydrogens is 300 g/mol. The van der Waals surface area contributed by atoms with Crippen molar-refractivity contribution < 1.29 is 4.52 Å².